The number of ketones is 1. The Kier molecular flexibility index (Phi) is 2.54. The minimum absolute atomic E-state index is 0.0971. The van der Waals surface area contributed by atoms with Crippen LogP contribution in [0.3, 0.4) is 0 Å². The molecule has 2 nitrogen and oxygen atoms in total. The van der Waals surface area contributed by atoms with Gasteiger partial charge in [0.2, 0.25) is 0 Å². The Hall–Kier alpha value is -1.64. The van der Waals surface area contributed by atoms with Gasteiger partial charge in [0.1, 0.15) is 11.6 Å². The van der Waals surface area contributed by atoms with E-state index in [0.717, 1.165) is 22.2 Å². The summed E-state index contributed by atoms with van der Waals surface area (Å²) in [7, 11) is 1.93. The summed E-state index contributed by atoms with van der Waals surface area (Å²) in [6.45, 7) is 3.51. The lowest BCUT2D eigenvalue weighted by atomic mass is 10.1. The molecule has 0 bridgehead atoms. The number of hydrogen-bond donors (Lipinski definition) is 0. The summed E-state index contributed by atoms with van der Waals surface area (Å²) in [5, 5.41) is 0.843. The molecule has 0 N–H and O–H groups in total. The van der Waals surface area contributed by atoms with E-state index in [0.29, 0.717) is 6.42 Å². The lowest BCUT2D eigenvalue weighted by Gasteiger charge is -1.99. The minimum Gasteiger partial charge on any atom is -0.348 e. The first-order valence-corrected chi connectivity index (χ1v) is 5.23. The van der Waals surface area contributed by atoms with Gasteiger partial charge < -0.3 is 4.57 Å². The number of fused-ring (bicyclic) bond motifs is 1. The fraction of sp³-hybridized carbons (Fsp3) is 0.308. The molecule has 1 heterocycles. The van der Waals surface area contributed by atoms with Crippen LogP contribution in [0.15, 0.2) is 18.2 Å². The van der Waals surface area contributed by atoms with Crippen LogP contribution < -0.4 is 0 Å². The Balaban J connectivity index is 2.75. The predicted molar refractivity (Wildman–Crippen MR) is 62.0 cm³/mol. The SMILES string of the molecule is CC(=O)Cc1c(C)n(C)c2ccc(F)cc12. The van der Waals surface area contributed by atoms with E-state index in [4.69, 9.17) is 0 Å². The molecule has 0 radical (unpaired) electrons. The van der Waals surface area contributed by atoms with Gasteiger partial charge in [-0.1, -0.05) is 0 Å². The molecule has 2 rings (SSSR count). The van der Waals surface area contributed by atoms with E-state index in [2.05, 4.69) is 0 Å². The van der Waals surface area contributed by atoms with E-state index in [1.54, 1.807) is 13.0 Å². The van der Waals surface area contributed by atoms with Crippen molar-refractivity contribution >= 4 is 16.7 Å². The van der Waals surface area contributed by atoms with Crippen molar-refractivity contribution in [3.8, 4) is 0 Å². The smallest absolute Gasteiger partial charge is 0.134 e. The largest absolute Gasteiger partial charge is 0.348 e. The normalized spacial score (nSPS) is 11.0. The summed E-state index contributed by atoms with van der Waals surface area (Å²) in [6.07, 6.45) is 0.368. The van der Waals surface area contributed by atoms with Gasteiger partial charge >= 0.3 is 0 Å². The first-order valence-electron chi connectivity index (χ1n) is 5.23. The number of carbonyl (C=O) groups is 1. The monoisotopic (exact) mass is 219 g/mol. The zero-order chi connectivity index (χ0) is 11.9. The molecule has 0 saturated carbocycles. The Morgan fingerprint density at radius 2 is 2.12 bits per heavy atom. The number of rotatable bonds is 2. The average Bonchev–Trinajstić information content (AvgIpc) is 2.43. The topological polar surface area (TPSA) is 22.0 Å². The standard InChI is InChI=1S/C13H14FNO/c1-8(16)6-11-9(2)15(3)13-5-4-10(14)7-12(11)13/h4-5,7H,6H2,1-3H3. The molecule has 1 aromatic heterocycles. The van der Waals surface area contributed by atoms with Crippen LogP contribution in [0.5, 0.6) is 0 Å². The number of hydrogen-bond acceptors (Lipinski definition) is 1. The third-order valence-electron chi connectivity index (χ3n) is 3.01. The van der Waals surface area contributed by atoms with Gasteiger partial charge in [-0.05, 0) is 37.6 Å². The summed E-state index contributed by atoms with van der Waals surface area (Å²) < 4.78 is 15.2. The van der Waals surface area contributed by atoms with Gasteiger partial charge in [-0.3, -0.25) is 4.79 Å². The van der Waals surface area contributed by atoms with Crippen LogP contribution in [-0.2, 0) is 18.3 Å². The second kappa shape index (κ2) is 3.74. The molecule has 0 aliphatic heterocycles. The molecule has 0 aliphatic rings. The molecule has 1 aromatic carbocycles. The van der Waals surface area contributed by atoms with Crippen molar-refractivity contribution in [2.24, 2.45) is 7.05 Å². The molecule has 2 aromatic rings. The zero-order valence-corrected chi connectivity index (χ0v) is 9.67. The van der Waals surface area contributed by atoms with Crippen LogP contribution in [0.2, 0.25) is 0 Å². The fourth-order valence-corrected chi connectivity index (χ4v) is 2.09. The van der Waals surface area contributed by atoms with Crippen LogP contribution in [-0.4, -0.2) is 10.4 Å². The highest BCUT2D eigenvalue weighted by Gasteiger charge is 2.13. The minimum atomic E-state index is -0.261. The quantitative estimate of drug-likeness (QED) is 0.761. The fourth-order valence-electron chi connectivity index (χ4n) is 2.09. The Morgan fingerprint density at radius 3 is 2.75 bits per heavy atom. The molecule has 0 spiro atoms. The summed E-state index contributed by atoms with van der Waals surface area (Å²) in [5.74, 6) is -0.164. The molecule has 0 atom stereocenters. The second-order valence-corrected chi connectivity index (χ2v) is 4.16. The van der Waals surface area contributed by atoms with Gasteiger partial charge in [-0.15, -0.1) is 0 Å². The molecule has 0 aliphatic carbocycles. The molecule has 0 unspecified atom stereocenters. The molecule has 3 heteroatoms. The first-order chi connectivity index (χ1) is 7.50. The van der Waals surface area contributed by atoms with Gasteiger partial charge in [0.25, 0.3) is 0 Å². The number of halogens is 1. The van der Waals surface area contributed by atoms with Crippen molar-refractivity contribution in [2.45, 2.75) is 20.3 Å². The van der Waals surface area contributed by atoms with Gasteiger partial charge in [-0.2, -0.15) is 0 Å². The third kappa shape index (κ3) is 1.62. The summed E-state index contributed by atoms with van der Waals surface area (Å²) >= 11 is 0. The molecule has 0 fully saturated rings. The van der Waals surface area contributed by atoms with Crippen molar-refractivity contribution in [3.05, 3.63) is 35.3 Å². The van der Waals surface area contributed by atoms with Crippen molar-refractivity contribution in [1.82, 2.24) is 4.57 Å². The van der Waals surface area contributed by atoms with Crippen molar-refractivity contribution < 1.29 is 9.18 Å². The number of carbonyl (C=O) groups excluding carboxylic acids is 1. The Bertz CT molecular complexity index is 569. The maximum Gasteiger partial charge on any atom is 0.134 e. The Morgan fingerprint density at radius 1 is 1.44 bits per heavy atom. The number of aryl methyl sites for hydroxylation is 1. The molecular weight excluding hydrogens is 205 g/mol. The van der Waals surface area contributed by atoms with Crippen LogP contribution in [0.1, 0.15) is 18.2 Å². The highest BCUT2D eigenvalue weighted by Crippen LogP contribution is 2.26. The van der Waals surface area contributed by atoms with Crippen molar-refractivity contribution in [2.75, 3.05) is 0 Å². The van der Waals surface area contributed by atoms with Crippen molar-refractivity contribution in [3.63, 3.8) is 0 Å². The van der Waals surface area contributed by atoms with E-state index in [-0.39, 0.29) is 11.6 Å². The van der Waals surface area contributed by atoms with Crippen LogP contribution >= 0.6 is 0 Å². The van der Waals surface area contributed by atoms with E-state index in [1.807, 2.05) is 18.5 Å². The van der Waals surface area contributed by atoms with E-state index in [9.17, 15) is 9.18 Å². The van der Waals surface area contributed by atoms with Gasteiger partial charge in [0.05, 0.1) is 0 Å². The number of nitrogens with zero attached hydrogens (tertiary/aromatic N) is 1. The lowest BCUT2D eigenvalue weighted by molar-refractivity contribution is -0.116. The molecule has 0 saturated heterocycles. The van der Waals surface area contributed by atoms with Crippen molar-refractivity contribution in [1.29, 1.82) is 0 Å². The molecule has 84 valence electrons. The first kappa shape index (κ1) is 10.9. The van der Waals surface area contributed by atoms with E-state index in [1.165, 1.54) is 12.1 Å². The zero-order valence-electron chi connectivity index (χ0n) is 9.67. The maximum atomic E-state index is 13.2. The molecule has 16 heavy (non-hydrogen) atoms. The van der Waals surface area contributed by atoms with Crippen LogP contribution in [0, 0.1) is 12.7 Å². The van der Waals surface area contributed by atoms with Gasteiger partial charge in [0.15, 0.2) is 0 Å². The number of benzene rings is 1. The number of aromatic nitrogens is 1. The summed E-state index contributed by atoms with van der Waals surface area (Å²) in [4.78, 5) is 11.2. The van der Waals surface area contributed by atoms with Gasteiger partial charge in [0, 0.05) is 30.1 Å². The van der Waals surface area contributed by atoms with Crippen LogP contribution in [0.25, 0.3) is 10.9 Å². The summed E-state index contributed by atoms with van der Waals surface area (Å²) in [5.41, 5.74) is 2.93. The van der Waals surface area contributed by atoms with E-state index >= 15 is 0 Å². The van der Waals surface area contributed by atoms with Gasteiger partial charge in [-0.25, -0.2) is 4.39 Å². The molecule has 0 amide bonds. The maximum absolute atomic E-state index is 13.2. The highest BCUT2D eigenvalue weighted by atomic mass is 19.1. The summed E-state index contributed by atoms with van der Waals surface area (Å²) in [6, 6.07) is 4.70. The lowest BCUT2D eigenvalue weighted by Crippen LogP contribution is -1.99. The average molecular weight is 219 g/mol. The Labute approximate surface area is 93.7 Å². The third-order valence-corrected chi connectivity index (χ3v) is 3.01. The molecular formula is C13H14FNO. The van der Waals surface area contributed by atoms with E-state index < -0.39 is 0 Å². The second-order valence-electron chi connectivity index (χ2n) is 4.16. The van der Waals surface area contributed by atoms with Crippen LogP contribution in [0.4, 0.5) is 4.39 Å². The predicted octanol–water partition coefficient (Wildman–Crippen LogP) is 2.76. The number of Topliss-reactive ketones (excluding diaryl/α,β-unsaturated/α-hetero) is 1. The highest BCUT2D eigenvalue weighted by molar-refractivity contribution is 5.90.